The van der Waals surface area contributed by atoms with Crippen molar-refractivity contribution < 1.29 is 27.9 Å². The molecule has 1 heterocycles. The Kier molecular flexibility index (Phi) is 8.47. The number of carbonyl (C=O) groups is 2. The van der Waals surface area contributed by atoms with Crippen molar-refractivity contribution in [1.82, 2.24) is 0 Å². The molecule has 200 valence electrons. The number of ether oxygens (including phenoxy) is 1. The zero-order chi connectivity index (χ0) is 27.4. The molecule has 0 bridgehead atoms. The molecule has 2 amide bonds. The summed E-state index contributed by atoms with van der Waals surface area (Å²) >= 11 is 12.0. The third-order valence-electron chi connectivity index (χ3n) is 6.08. The molecule has 4 rings (SSSR count). The van der Waals surface area contributed by atoms with Gasteiger partial charge in [0.1, 0.15) is 5.75 Å². The summed E-state index contributed by atoms with van der Waals surface area (Å²) in [5, 5.41) is 12.7. The number of anilines is 3. The third-order valence-corrected chi connectivity index (χ3v) is 8.66. The molecule has 0 saturated carbocycles. The van der Waals surface area contributed by atoms with E-state index in [1.165, 1.54) is 42.5 Å². The Morgan fingerprint density at radius 3 is 2.37 bits per heavy atom. The van der Waals surface area contributed by atoms with E-state index in [1.807, 2.05) is 0 Å². The molecule has 1 aliphatic rings. The zero-order valence-corrected chi connectivity index (χ0v) is 22.6. The normalized spacial score (nSPS) is 15.4. The van der Waals surface area contributed by atoms with Crippen LogP contribution in [0.1, 0.15) is 6.42 Å². The van der Waals surface area contributed by atoms with Crippen molar-refractivity contribution in [1.29, 1.82) is 0 Å². The van der Waals surface area contributed by atoms with Gasteiger partial charge in [-0.25, -0.2) is 8.42 Å². The van der Waals surface area contributed by atoms with E-state index in [-0.39, 0.29) is 52.0 Å². The molecule has 1 aliphatic heterocycles. The van der Waals surface area contributed by atoms with Gasteiger partial charge in [0.05, 0.1) is 46.8 Å². The first-order valence-electron chi connectivity index (χ1n) is 11.6. The number of aliphatic hydroxyl groups is 1. The van der Waals surface area contributed by atoms with Crippen LogP contribution >= 0.6 is 23.2 Å². The number of carbonyl (C=O) groups excluding carboxylic acids is 2. The Bertz CT molecular complexity index is 1430. The van der Waals surface area contributed by atoms with Crippen molar-refractivity contribution in [3.63, 3.8) is 0 Å². The minimum atomic E-state index is -4.06. The fourth-order valence-corrected chi connectivity index (χ4v) is 5.84. The van der Waals surface area contributed by atoms with Gasteiger partial charge in [0, 0.05) is 24.3 Å². The van der Waals surface area contributed by atoms with Crippen LogP contribution in [0.3, 0.4) is 0 Å². The zero-order valence-electron chi connectivity index (χ0n) is 20.3. The molecule has 3 aromatic carbocycles. The minimum absolute atomic E-state index is 0.0447. The van der Waals surface area contributed by atoms with Gasteiger partial charge >= 0.3 is 0 Å². The average Bonchev–Trinajstić information content (AvgIpc) is 3.31. The van der Waals surface area contributed by atoms with Gasteiger partial charge in [-0.05, 0) is 66.7 Å². The summed E-state index contributed by atoms with van der Waals surface area (Å²) in [6, 6.07) is 17.0. The van der Waals surface area contributed by atoms with E-state index in [0.29, 0.717) is 17.1 Å². The molecule has 1 fully saturated rings. The summed E-state index contributed by atoms with van der Waals surface area (Å²) in [6.07, 6.45) is 0.0596. The fraction of sp³-hybridized carbons (Fsp3) is 0.231. The summed E-state index contributed by atoms with van der Waals surface area (Å²) in [4.78, 5) is 26.9. The largest absolute Gasteiger partial charge is 0.497 e. The van der Waals surface area contributed by atoms with Crippen LogP contribution < -0.4 is 19.3 Å². The Labute approximate surface area is 230 Å². The second-order valence-corrected chi connectivity index (χ2v) is 11.2. The molecule has 0 aliphatic carbocycles. The number of methoxy groups -OCH3 is 1. The third kappa shape index (κ3) is 5.88. The number of hydrogen-bond acceptors (Lipinski definition) is 6. The van der Waals surface area contributed by atoms with E-state index < -0.39 is 22.5 Å². The minimum Gasteiger partial charge on any atom is -0.497 e. The number of amides is 2. The molecular formula is C26H25Cl2N3O6S. The maximum absolute atomic E-state index is 13.3. The lowest BCUT2D eigenvalue weighted by Crippen LogP contribution is -2.33. The Balaban J connectivity index is 1.45. The molecule has 38 heavy (non-hydrogen) atoms. The van der Waals surface area contributed by atoms with Crippen LogP contribution in [0.2, 0.25) is 10.0 Å². The number of nitrogens with one attached hydrogen (secondary N) is 1. The summed E-state index contributed by atoms with van der Waals surface area (Å²) < 4.78 is 32.8. The standard InChI is InChI=1S/C26H25Cl2N3O6S/c1-37-21-7-4-19(5-8-21)30-16-17(14-25(30)33)26(34)29-18-2-9-22(10-3-18)38(35,36)31(12-13-32)20-6-11-23(27)24(28)15-20/h2-11,15,17,32H,12-14,16H2,1H3,(H,29,34). The molecule has 0 aromatic heterocycles. The highest BCUT2D eigenvalue weighted by Gasteiger charge is 2.35. The first kappa shape index (κ1) is 27.7. The van der Waals surface area contributed by atoms with Crippen LogP contribution in [0.4, 0.5) is 17.1 Å². The average molecular weight is 578 g/mol. The van der Waals surface area contributed by atoms with Crippen LogP contribution in [-0.4, -0.2) is 52.1 Å². The van der Waals surface area contributed by atoms with E-state index >= 15 is 0 Å². The number of sulfonamides is 1. The highest BCUT2D eigenvalue weighted by atomic mass is 35.5. The number of hydrogen-bond donors (Lipinski definition) is 2. The molecule has 2 N–H and O–H groups in total. The second-order valence-electron chi connectivity index (χ2n) is 8.52. The fourth-order valence-electron chi connectivity index (χ4n) is 4.10. The van der Waals surface area contributed by atoms with Gasteiger partial charge < -0.3 is 20.1 Å². The van der Waals surface area contributed by atoms with Gasteiger partial charge in [-0.2, -0.15) is 0 Å². The number of halogens is 2. The van der Waals surface area contributed by atoms with Crippen LogP contribution in [0.25, 0.3) is 0 Å². The molecule has 1 atom stereocenters. The molecule has 1 unspecified atom stereocenters. The molecule has 12 heteroatoms. The Morgan fingerprint density at radius 1 is 1.08 bits per heavy atom. The predicted octanol–water partition coefficient (Wildman–Crippen LogP) is 4.18. The number of rotatable bonds is 9. The molecular weight excluding hydrogens is 553 g/mol. The van der Waals surface area contributed by atoms with Gasteiger partial charge in [-0.15, -0.1) is 0 Å². The number of nitrogens with zero attached hydrogens (tertiary/aromatic N) is 2. The van der Waals surface area contributed by atoms with Crippen LogP contribution in [0.15, 0.2) is 71.6 Å². The molecule has 0 spiro atoms. The Morgan fingerprint density at radius 2 is 1.76 bits per heavy atom. The van der Waals surface area contributed by atoms with E-state index in [2.05, 4.69) is 5.32 Å². The smallest absolute Gasteiger partial charge is 0.264 e. The van der Waals surface area contributed by atoms with Crippen molar-refractivity contribution in [3.05, 3.63) is 76.8 Å². The topological polar surface area (TPSA) is 116 Å². The summed E-state index contributed by atoms with van der Waals surface area (Å²) in [5.74, 6) is -0.412. The molecule has 1 saturated heterocycles. The summed E-state index contributed by atoms with van der Waals surface area (Å²) in [6.45, 7) is -0.385. The predicted molar refractivity (Wildman–Crippen MR) is 147 cm³/mol. The SMILES string of the molecule is COc1ccc(N2CC(C(=O)Nc3ccc(S(=O)(=O)N(CCO)c4ccc(Cl)c(Cl)c4)cc3)CC2=O)cc1. The maximum atomic E-state index is 13.3. The van der Waals surface area contributed by atoms with Gasteiger partial charge in [0.25, 0.3) is 10.0 Å². The highest BCUT2D eigenvalue weighted by Crippen LogP contribution is 2.31. The van der Waals surface area contributed by atoms with Crippen LogP contribution in [-0.2, 0) is 19.6 Å². The Hall–Kier alpha value is -3.31. The lowest BCUT2D eigenvalue weighted by Gasteiger charge is -2.24. The van der Waals surface area contributed by atoms with Gasteiger partial charge in [0.2, 0.25) is 11.8 Å². The summed E-state index contributed by atoms with van der Waals surface area (Å²) in [7, 11) is -2.50. The van der Waals surface area contributed by atoms with Crippen LogP contribution in [0.5, 0.6) is 5.75 Å². The van der Waals surface area contributed by atoms with Crippen LogP contribution in [0, 0.1) is 5.92 Å². The van der Waals surface area contributed by atoms with Crippen molar-refractivity contribution >= 4 is 62.1 Å². The van der Waals surface area contributed by atoms with Crippen molar-refractivity contribution in [2.45, 2.75) is 11.3 Å². The lowest BCUT2D eigenvalue weighted by molar-refractivity contribution is -0.122. The van der Waals surface area contributed by atoms with E-state index in [4.69, 9.17) is 27.9 Å². The van der Waals surface area contributed by atoms with Gasteiger partial charge in [-0.3, -0.25) is 13.9 Å². The van der Waals surface area contributed by atoms with E-state index in [9.17, 15) is 23.1 Å². The van der Waals surface area contributed by atoms with Gasteiger partial charge in [-0.1, -0.05) is 23.2 Å². The second kappa shape index (κ2) is 11.6. The van der Waals surface area contributed by atoms with Crippen molar-refractivity contribution in [2.75, 3.05) is 41.3 Å². The number of aliphatic hydroxyl groups excluding tert-OH is 1. The maximum Gasteiger partial charge on any atom is 0.264 e. The molecule has 0 radical (unpaired) electrons. The van der Waals surface area contributed by atoms with Crippen molar-refractivity contribution in [3.8, 4) is 5.75 Å². The van der Waals surface area contributed by atoms with E-state index in [0.717, 1.165) is 4.31 Å². The molecule has 3 aromatic rings. The van der Waals surface area contributed by atoms with E-state index in [1.54, 1.807) is 36.3 Å². The first-order valence-corrected chi connectivity index (χ1v) is 13.8. The number of benzene rings is 3. The molecule has 9 nitrogen and oxygen atoms in total. The summed E-state index contributed by atoms with van der Waals surface area (Å²) in [5.41, 5.74) is 1.31. The highest BCUT2D eigenvalue weighted by molar-refractivity contribution is 7.92. The first-order chi connectivity index (χ1) is 18.1. The quantitative estimate of drug-likeness (QED) is 0.394. The van der Waals surface area contributed by atoms with Crippen molar-refractivity contribution in [2.24, 2.45) is 5.92 Å². The van der Waals surface area contributed by atoms with Gasteiger partial charge in [0.15, 0.2) is 0 Å². The monoisotopic (exact) mass is 577 g/mol. The lowest BCUT2D eigenvalue weighted by atomic mass is 10.1.